The van der Waals surface area contributed by atoms with Gasteiger partial charge in [-0.3, -0.25) is 4.99 Å². The van der Waals surface area contributed by atoms with Crippen molar-refractivity contribution in [2.24, 2.45) is 4.99 Å². The molecule has 0 spiro atoms. The van der Waals surface area contributed by atoms with Gasteiger partial charge in [-0.05, 0) is 45.2 Å². The van der Waals surface area contributed by atoms with E-state index in [1.165, 1.54) is 13.0 Å². The fourth-order valence-corrected chi connectivity index (χ4v) is 3.78. The lowest BCUT2D eigenvalue weighted by Crippen LogP contribution is -2.48. The Kier molecular flexibility index (Phi) is 12.9. The number of hydrogen-bond donors (Lipinski definition) is 2. The molecule has 0 amide bonds. The highest BCUT2D eigenvalue weighted by Crippen LogP contribution is 2.39. The van der Waals surface area contributed by atoms with Crippen molar-refractivity contribution in [3.05, 3.63) is 17.7 Å². The van der Waals surface area contributed by atoms with Crippen LogP contribution in [0, 0.1) is 0 Å². The van der Waals surface area contributed by atoms with E-state index >= 15 is 0 Å². The summed E-state index contributed by atoms with van der Waals surface area (Å²) in [7, 11) is 4.91. The lowest BCUT2D eigenvalue weighted by Gasteiger charge is -2.32. The van der Waals surface area contributed by atoms with E-state index < -0.39 is 0 Å². The van der Waals surface area contributed by atoms with Gasteiger partial charge in [-0.1, -0.05) is 13.0 Å². The number of likely N-dealkylation sites (tertiary alicyclic amines) is 1. The van der Waals surface area contributed by atoms with Gasteiger partial charge in [0, 0.05) is 37.8 Å². The molecule has 30 heavy (non-hydrogen) atoms. The first-order valence-electron chi connectivity index (χ1n) is 10.7. The van der Waals surface area contributed by atoms with Crippen molar-refractivity contribution in [3.63, 3.8) is 0 Å². The highest BCUT2D eigenvalue weighted by molar-refractivity contribution is 14.0. The van der Waals surface area contributed by atoms with Gasteiger partial charge in [-0.2, -0.15) is 0 Å². The monoisotopic (exact) mass is 534 g/mol. The van der Waals surface area contributed by atoms with Crippen molar-refractivity contribution in [1.82, 2.24) is 15.5 Å². The fraction of sp³-hybridized carbons (Fsp3) is 0.682. The number of piperidine rings is 1. The Morgan fingerprint density at radius 2 is 1.77 bits per heavy atom. The van der Waals surface area contributed by atoms with Crippen LogP contribution < -0.4 is 24.8 Å². The summed E-state index contributed by atoms with van der Waals surface area (Å²) in [5.74, 6) is 2.89. The van der Waals surface area contributed by atoms with Gasteiger partial charge >= 0.3 is 0 Å². The Morgan fingerprint density at radius 3 is 2.33 bits per heavy atom. The molecule has 2 N–H and O–H groups in total. The molecule has 1 aliphatic rings. The quantitative estimate of drug-likeness (QED) is 0.273. The predicted octanol–water partition coefficient (Wildman–Crippen LogP) is 3.30. The third-order valence-electron chi connectivity index (χ3n) is 5.25. The van der Waals surface area contributed by atoms with Crippen molar-refractivity contribution < 1.29 is 14.2 Å². The van der Waals surface area contributed by atoms with E-state index in [0.29, 0.717) is 29.8 Å². The van der Waals surface area contributed by atoms with Gasteiger partial charge in [-0.15, -0.1) is 24.0 Å². The molecule has 1 heterocycles. The summed E-state index contributed by atoms with van der Waals surface area (Å²) in [5, 5.41) is 6.98. The second kappa shape index (κ2) is 14.6. The first-order valence-corrected chi connectivity index (χ1v) is 10.7. The molecule has 0 unspecified atom stereocenters. The fourth-order valence-electron chi connectivity index (χ4n) is 3.78. The Bertz CT molecular complexity index is 650. The normalized spacial score (nSPS) is 15.3. The van der Waals surface area contributed by atoms with Gasteiger partial charge in [0.2, 0.25) is 5.75 Å². The van der Waals surface area contributed by atoms with Crippen LogP contribution >= 0.6 is 24.0 Å². The highest BCUT2D eigenvalue weighted by atomic mass is 127. The lowest BCUT2D eigenvalue weighted by molar-refractivity contribution is 0.206. The number of rotatable bonds is 10. The predicted molar refractivity (Wildman–Crippen MR) is 134 cm³/mol. The molecular weight excluding hydrogens is 495 g/mol. The van der Waals surface area contributed by atoms with Gasteiger partial charge in [-0.25, -0.2) is 0 Å². The Labute approximate surface area is 199 Å². The van der Waals surface area contributed by atoms with Crippen LogP contribution in [0.1, 0.15) is 38.7 Å². The zero-order valence-electron chi connectivity index (χ0n) is 19.1. The number of halogens is 1. The second-order valence-electron chi connectivity index (χ2n) is 7.26. The number of ether oxygens (including phenoxy) is 3. The molecule has 1 fully saturated rings. The summed E-state index contributed by atoms with van der Waals surface area (Å²) in [6.45, 7) is 9.37. The van der Waals surface area contributed by atoms with Crippen LogP contribution in [0.15, 0.2) is 17.1 Å². The molecule has 0 saturated carbocycles. The Morgan fingerprint density at radius 1 is 1.07 bits per heavy atom. The summed E-state index contributed by atoms with van der Waals surface area (Å²) < 4.78 is 16.4. The standard InChI is InChI=1S/C22H38N4O3.HI/c1-6-14-26-15-11-18(12-16-26)25-22(23-7-2)24-13-10-17-8-9-19(27-3)21(29-5)20(17)28-4;/h8-9,18H,6-7,10-16H2,1-5H3,(H2,23,24,25);1H. The van der Waals surface area contributed by atoms with E-state index in [-0.39, 0.29) is 24.0 Å². The van der Waals surface area contributed by atoms with E-state index in [1.807, 2.05) is 12.1 Å². The molecule has 0 atom stereocenters. The molecule has 2 rings (SSSR count). The minimum Gasteiger partial charge on any atom is -0.493 e. The van der Waals surface area contributed by atoms with Gasteiger partial charge in [0.05, 0.1) is 21.3 Å². The zero-order chi connectivity index (χ0) is 21.1. The smallest absolute Gasteiger partial charge is 0.203 e. The zero-order valence-corrected chi connectivity index (χ0v) is 21.5. The number of nitrogens with zero attached hydrogens (tertiary/aromatic N) is 2. The van der Waals surface area contributed by atoms with Crippen molar-refractivity contribution in [1.29, 1.82) is 0 Å². The summed E-state index contributed by atoms with van der Waals surface area (Å²) in [5.41, 5.74) is 1.05. The first-order chi connectivity index (χ1) is 14.2. The number of nitrogens with one attached hydrogen (secondary N) is 2. The van der Waals surface area contributed by atoms with Crippen LogP contribution in [0.3, 0.4) is 0 Å². The maximum Gasteiger partial charge on any atom is 0.203 e. The number of aliphatic imine (C=N–C) groups is 1. The Balaban J connectivity index is 0.00000450. The average molecular weight is 534 g/mol. The van der Waals surface area contributed by atoms with Gasteiger partial charge in [0.1, 0.15) is 0 Å². The molecular formula is C22H39IN4O3. The molecule has 1 aliphatic heterocycles. The molecule has 1 saturated heterocycles. The third kappa shape index (κ3) is 7.68. The molecule has 0 aliphatic carbocycles. The topological polar surface area (TPSA) is 67.4 Å². The molecule has 172 valence electrons. The minimum atomic E-state index is 0. The maximum atomic E-state index is 5.58. The van der Waals surface area contributed by atoms with E-state index in [2.05, 4.69) is 29.4 Å². The number of benzene rings is 1. The first kappa shape index (κ1) is 26.6. The van der Waals surface area contributed by atoms with Gasteiger partial charge < -0.3 is 29.7 Å². The number of methoxy groups -OCH3 is 3. The Hall–Kier alpha value is -1.42. The molecule has 7 nitrogen and oxygen atoms in total. The lowest BCUT2D eigenvalue weighted by atomic mass is 10.1. The summed E-state index contributed by atoms with van der Waals surface area (Å²) in [6.07, 6.45) is 4.30. The van der Waals surface area contributed by atoms with Gasteiger partial charge in [0.25, 0.3) is 0 Å². The van der Waals surface area contributed by atoms with E-state index in [9.17, 15) is 0 Å². The van der Waals surface area contributed by atoms with Crippen LogP contribution in [0.5, 0.6) is 17.2 Å². The molecule has 0 radical (unpaired) electrons. The van der Waals surface area contributed by atoms with Gasteiger partial charge in [0.15, 0.2) is 17.5 Å². The largest absolute Gasteiger partial charge is 0.493 e. The molecule has 1 aromatic carbocycles. The minimum absolute atomic E-state index is 0. The SMILES string of the molecule is CCCN1CCC(NC(=NCCc2ccc(OC)c(OC)c2OC)NCC)CC1.I. The summed E-state index contributed by atoms with van der Waals surface area (Å²) in [6, 6.07) is 4.41. The molecule has 0 aromatic heterocycles. The van der Waals surface area contributed by atoms with Crippen molar-refractivity contribution in [2.45, 2.75) is 45.6 Å². The molecule has 8 heteroatoms. The summed E-state index contributed by atoms with van der Waals surface area (Å²) >= 11 is 0. The van der Waals surface area contributed by atoms with Crippen LogP contribution in [0.4, 0.5) is 0 Å². The van der Waals surface area contributed by atoms with Crippen LogP contribution in [-0.2, 0) is 6.42 Å². The van der Waals surface area contributed by atoms with E-state index in [1.54, 1.807) is 21.3 Å². The molecule has 0 bridgehead atoms. The summed E-state index contributed by atoms with van der Waals surface area (Å²) in [4.78, 5) is 7.33. The number of guanidine groups is 1. The van der Waals surface area contributed by atoms with Crippen LogP contribution in [0.2, 0.25) is 0 Å². The third-order valence-corrected chi connectivity index (χ3v) is 5.25. The van der Waals surface area contributed by atoms with Crippen LogP contribution in [0.25, 0.3) is 0 Å². The molecule has 1 aromatic rings. The van der Waals surface area contributed by atoms with E-state index in [4.69, 9.17) is 19.2 Å². The van der Waals surface area contributed by atoms with Crippen LogP contribution in [-0.4, -0.2) is 71.0 Å². The maximum absolute atomic E-state index is 5.58. The van der Waals surface area contributed by atoms with Crippen molar-refractivity contribution in [2.75, 3.05) is 54.1 Å². The van der Waals surface area contributed by atoms with E-state index in [0.717, 1.165) is 50.4 Å². The number of hydrogen-bond acceptors (Lipinski definition) is 5. The average Bonchev–Trinajstić information content (AvgIpc) is 2.74. The van der Waals surface area contributed by atoms with Crippen molar-refractivity contribution >= 4 is 29.9 Å². The van der Waals surface area contributed by atoms with Crippen molar-refractivity contribution in [3.8, 4) is 17.2 Å². The second-order valence-corrected chi connectivity index (χ2v) is 7.26. The highest BCUT2D eigenvalue weighted by Gasteiger charge is 2.19.